The lowest BCUT2D eigenvalue weighted by Crippen LogP contribution is -1.92. The number of H-pyrrole nitrogens is 1. The molecule has 0 unspecified atom stereocenters. The Hall–Kier alpha value is -2.68. The van der Waals surface area contributed by atoms with E-state index in [1.54, 1.807) is 0 Å². The van der Waals surface area contributed by atoms with E-state index in [0.717, 1.165) is 16.8 Å². The van der Waals surface area contributed by atoms with Gasteiger partial charge in [0.15, 0.2) is 10.3 Å². The van der Waals surface area contributed by atoms with Crippen LogP contribution in [0.4, 0.5) is 5.69 Å². The van der Waals surface area contributed by atoms with Gasteiger partial charge in [0.1, 0.15) is 18.1 Å². The summed E-state index contributed by atoms with van der Waals surface area (Å²) in [6, 6.07) is 5.58. The van der Waals surface area contributed by atoms with E-state index in [0.29, 0.717) is 16.9 Å². The molecule has 1 N–H and O–H groups in total. The lowest BCUT2D eigenvalue weighted by atomic mass is 10.3. The molecule has 0 aliphatic carbocycles. The molecule has 0 bridgehead atoms. The van der Waals surface area contributed by atoms with Crippen molar-refractivity contribution in [3.63, 3.8) is 0 Å². The fourth-order valence-corrected chi connectivity index (χ4v) is 2.50. The number of hydrogen-bond donors (Lipinski definition) is 1. The highest BCUT2D eigenvalue weighted by Crippen LogP contribution is 2.26. The average molecular weight is 317 g/mol. The van der Waals surface area contributed by atoms with Crippen LogP contribution in [-0.2, 0) is 0 Å². The van der Waals surface area contributed by atoms with Crippen molar-refractivity contribution in [3.8, 4) is 5.75 Å². The molecule has 0 spiro atoms. The second kappa shape index (κ2) is 5.98. The maximum absolute atomic E-state index is 10.6. The number of imidazole rings is 1. The first-order valence-electron chi connectivity index (χ1n) is 6.42. The topological polar surface area (TPSA) is 107 Å². The number of nitrogens with one attached hydrogen (secondary N) is 1. The molecule has 2 heterocycles. The van der Waals surface area contributed by atoms with Crippen molar-refractivity contribution >= 4 is 28.5 Å². The zero-order valence-electron chi connectivity index (χ0n) is 11.5. The van der Waals surface area contributed by atoms with E-state index in [4.69, 9.17) is 4.74 Å². The molecular weight excluding hydrogens is 306 g/mol. The van der Waals surface area contributed by atoms with Crippen LogP contribution in [0.25, 0.3) is 11.0 Å². The van der Waals surface area contributed by atoms with Gasteiger partial charge in [0.25, 0.3) is 0 Å². The Balaban J connectivity index is 1.82. The van der Waals surface area contributed by atoms with Crippen LogP contribution in [0.5, 0.6) is 5.75 Å². The summed E-state index contributed by atoms with van der Waals surface area (Å²) in [5.74, 6) is 0.766. The summed E-state index contributed by atoms with van der Waals surface area (Å²) in [4.78, 5) is 25.4. The second-order valence-corrected chi connectivity index (χ2v) is 5.19. The zero-order chi connectivity index (χ0) is 15.5. The molecular formula is C13H11N5O3S. The molecule has 0 amide bonds. The molecule has 8 nitrogen and oxygen atoms in total. The van der Waals surface area contributed by atoms with Crippen LogP contribution >= 0.6 is 11.8 Å². The lowest BCUT2D eigenvalue weighted by Gasteiger charge is -2.00. The summed E-state index contributed by atoms with van der Waals surface area (Å²) >= 11 is 1.20. The Morgan fingerprint density at radius 3 is 2.82 bits per heavy atom. The van der Waals surface area contributed by atoms with Gasteiger partial charge in [-0.2, -0.15) is 0 Å². The van der Waals surface area contributed by atoms with E-state index in [1.807, 2.05) is 25.1 Å². The molecule has 0 aliphatic heterocycles. The van der Waals surface area contributed by atoms with Crippen molar-refractivity contribution in [2.45, 2.75) is 17.2 Å². The number of nitro groups is 1. The predicted molar refractivity (Wildman–Crippen MR) is 80.1 cm³/mol. The molecule has 0 fully saturated rings. The Morgan fingerprint density at radius 1 is 1.36 bits per heavy atom. The van der Waals surface area contributed by atoms with Crippen LogP contribution < -0.4 is 4.74 Å². The lowest BCUT2D eigenvalue weighted by molar-refractivity contribution is -0.385. The summed E-state index contributed by atoms with van der Waals surface area (Å²) in [5.41, 5.74) is 1.50. The van der Waals surface area contributed by atoms with Gasteiger partial charge in [-0.3, -0.25) is 10.1 Å². The third kappa shape index (κ3) is 2.98. The normalized spacial score (nSPS) is 10.8. The Morgan fingerprint density at radius 2 is 2.14 bits per heavy atom. The Kier molecular flexibility index (Phi) is 3.88. The Labute approximate surface area is 129 Å². The molecule has 0 saturated heterocycles. The van der Waals surface area contributed by atoms with Gasteiger partial charge in [-0.05, 0) is 30.8 Å². The van der Waals surface area contributed by atoms with Crippen molar-refractivity contribution in [3.05, 3.63) is 40.7 Å². The number of rotatable bonds is 5. The summed E-state index contributed by atoms with van der Waals surface area (Å²) in [6.45, 7) is 2.52. The van der Waals surface area contributed by atoms with Gasteiger partial charge in [0, 0.05) is 6.07 Å². The van der Waals surface area contributed by atoms with Gasteiger partial charge < -0.3 is 9.72 Å². The first kappa shape index (κ1) is 14.3. The van der Waals surface area contributed by atoms with Crippen molar-refractivity contribution in [2.75, 3.05) is 6.61 Å². The summed E-state index contributed by atoms with van der Waals surface area (Å²) in [7, 11) is 0. The fourth-order valence-electron chi connectivity index (χ4n) is 1.81. The molecule has 112 valence electrons. The Bertz CT molecular complexity index is 818. The fraction of sp³-hybridized carbons (Fsp3) is 0.154. The summed E-state index contributed by atoms with van der Waals surface area (Å²) in [5, 5.41) is 11.6. The molecule has 0 aliphatic rings. The number of hydrogen-bond acceptors (Lipinski definition) is 7. The third-order valence-corrected chi connectivity index (χ3v) is 3.54. The van der Waals surface area contributed by atoms with Crippen LogP contribution in [0, 0.1) is 10.1 Å². The second-order valence-electron chi connectivity index (χ2n) is 4.24. The van der Waals surface area contributed by atoms with Crippen LogP contribution in [-0.4, -0.2) is 31.5 Å². The average Bonchev–Trinajstić information content (AvgIpc) is 2.89. The van der Waals surface area contributed by atoms with E-state index >= 15 is 0 Å². The molecule has 1 aromatic carbocycles. The largest absolute Gasteiger partial charge is 0.494 e. The highest BCUT2D eigenvalue weighted by molar-refractivity contribution is 7.99. The van der Waals surface area contributed by atoms with Gasteiger partial charge in [-0.15, -0.1) is 0 Å². The molecule has 2 aromatic heterocycles. The van der Waals surface area contributed by atoms with E-state index in [2.05, 4.69) is 19.9 Å². The van der Waals surface area contributed by atoms with Gasteiger partial charge in [-0.25, -0.2) is 15.0 Å². The third-order valence-electron chi connectivity index (χ3n) is 2.76. The zero-order valence-corrected chi connectivity index (χ0v) is 12.3. The maximum Gasteiger partial charge on any atom is 0.305 e. The van der Waals surface area contributed by atoms with Crippen molar-refractivity contribution in [1.29, 1.82) is 0 Å². The first-order chi connectivity index (χ1) is 10.7. The van der Waals surface area contributed by atoms with E-state index < -0.39 is 4.92 Å². The number of ether oxygens (including phenoxy) is 1. The number of benzene rings is 1. The summed E-state index contributed by atoms with van der Waals surface area (Å²) in [6.07, 6.45) is 2.34. The van der Waals surface area contributed by atoms with Crippen LogP contribution in [0.1, 0.15) is 6.92 Å². The number of aromatic amines is 1. The smallest absolute Gasteiger partial charge is 0.305 e. The molecule has 3 aromatic rings. The molecule has 9 heteroatoms. The standard InChI is InChI=1S/C13H11N5O3S/c1-2-21-9-3-4-10-11(5-9)17-13(16-10)22-12-14-6-8(7-15-12)18(19)20/h3-7H,2H2,1H3,(H,16,17). The minimum atomic E-state index is -0.537. The monoisotopic (exact) mass is 317 g/mol. The van der Waals surface area contributed by atoms with Gasteiger partial charge >= 0.3 is 5.69 Å². The highest BCUT2D eigenvalue weighted by atomic mass is 32.2. The van der Waals surface area contributed by atoms with Gasteiger partial charge in [0.05, 0.1) is 22.6 Å². The van der Waals surface area contributed by atoms with Gasteiger partial charge in [-0.1, -0.05) is 0 Å². The van der Waals surface area contributed by atoms with Crippen LogP contribution in [0.3, 0.4) is 0 Å². The minimum absolute atomic E-state index is 0.143. The van der Waals surface area contributed by atoms with Crippen LogP contribution in [0.2, 0.25) is 0 Å². The number of nitrogens with zero attached hydrogens (tertiary/aromatic N) is 4. The van der Waals surface area contributed by atoms with Crippen molar-refractivity contribution in [2.24, 2.45) is 0 Å². The van der Waals surface area contributed by atoms with Gasteiger partial charge in [0.2, 0.25) is 0 Å². The SMILES string of the molecule is CCOc1ccc2nc(Sc3ncc([N+](=O)[O-])cn3)[nH]c2c1. The highest BCUT2D eigenvalue weighted by Gasteiger charge is 2.10. The molecule has 0 radical (unpaired) electrons. The first-order valence-corrected chi connectivity index (χ1v) is 7.24. The van der Waals surface area contributed by atoms with Crippen LogP contribution in [0.15, 0.2) is 40.9 Å². The maximum atomic E-state index is 10.6. The molecule has 0 saturated carbocycles. The van der Waals surface area contributed by atoms with Crippen molar-refractivity contribution < 1.29 is 9.66 Å². The predicted octanol–water partition coefficient (Wildman–Crippen LogP) is 2.81. The van der Waals surface area contributed by atoms with E-state index in [9.17, 15) is 10.1 Å². The molecule has 3 rings (SSSR count). The minimum Gasteiger partial charge on any atom is -0.494 e. The number of fused-ring (bicyclic) bond motifs is 1. The van der Waals surface area contributed by atoms with E-state index in [-0.39, 0.29) is 5.69 Å². The quantitative estimate of drug-likeness (QED) is 0.438. The molecule has 0 atom stereocenters. The summed E-state index contributed by atoms with van der Waals surface area (Å²) < 4.78 is 5.43. The molecule has 22 heavy (non-hydrogen) atoms. The van der Waals surface area contributed by atoms with E-state index in [1.165, 1.54) is 24.2 Å². The van der Waals surface area contributed by atoms with Crippen molar-refractivity contribution in [1.82, 2.24) is 19.9 Å². The number of aromatic nitrogens is 4.